The molecule has 20 heavy (non-hydrogen) atoms. The zero-order valence-corrected chi connectivity index (χ0v) is 12.0. The Bertz CT molecular complexity index is 480. The first-order chi connectivity index (χ1) is 9.79. The van der Waals surface area contributed by atoms with Crippen molar-refractivity contribution < 1.29 is 4.79 Å². The van der Waals surface area contributed by atoms with E-state index in [2.05, 4.69) is 24.3 Å². The van der Waals surface area contributed by atoms with E-state index >= 15 is 0 Å². The molecule has 0 aliphatic heterocycles. The highest BCUT2D eigenvalue weighted by Crippen LogP contribution is 2.12. The van der Waals surface area contributed by atoms with Gasteiger partial charge >= 0.3 is 0 Å². The number of hydrogen-bond donors (Lipinski definition) is 0. The van der Waals surface area contributed by atoms with Gasteiger partial charge in [-0.25, -0.2) is 0 Å². The molecule has 2 nitrogen and oxygen atoms in total. The van der Waals surface area contributed by atoms with Crippen molar-refractivity contribution in [1.82, 2.24) is 4.90 Å². The molecule has 0 aliphatic carbocycles. The van der Waals surface area contributed by atoms with Gasteiger partial charge in [-0.2, -0.15) is 0 Å². The Morgan fingerprint density at radius 1 is 0.850 bits per heavy atom. The van der Waals surface area contributed by atoms with Crippen LogP contribution in [-0.2, 0) is 17.9 Å². The summed E-state index contributed by atoms with van der Waals surface area (Å²) < 4.78 is 0. The molecule has 2 aromatic carbocycles. The number of amides is 1. The molecule has 0 aliphatic rings. The van der Waals surface area contributed by atoms with Crippen molar-refractivity contribution in [2.24, 2.45) is 0 Å². The van der Waals surface area contributed by atoms with E-state index in [1.165, 1.54) is 11.1 Å². The van der Waals surface area contributed by atoms with E-state index in [1.54, 1.807) is 0 Å². The SMILES string of the molecule is CCCC(=O)N(Cc1ccccc1)Cc1ccccc1. The molecule has 0 unspecified atom stereocenters. The first-order valence-electron chi connectivity index (χ1n) is 7.15. The van der Waals surface area contributed by atoms with Crippen molar-refractivity contribution in [2.75, 3.05) is 0 Å². The summed E-state index contributed by atoms with van der Waals surface area (Å²) in [7, 11) is 0. The first kappa shape index (κ1) is 14.3. The second kappa shape index (κ2) is 7.49. The van der Waals surface area contributed by atoms with Gasteiger partial charge in [0.15, 0.2) is 0 Å². The lowest BCUT2D eigenvalue weighted by molar-refractivity contribution is -0.132. The largest absolute Gasteiger partial charge is 0.334 e. The second-order valence-corrected chi connectivity index (χ2v) is 4.97. The number of hydrogen-bond acceptors (Lipinski definition) is 1. The van der Waals surface area contributed by atoms with E-state index < -0.39 is 0 Å². The predicted octanol–water partition coefficient (Wildman–Crippen LogP) is 4.02. The number of carbonyl (C=O) groups excluding carboxylic acids is 1. The van der Waals surface area contributed by atoms with Crippen LogP contribution in [0.4, 0.5) is 0 Å². The molecule has 104 valence electrons. The van der Waals surface area contributed by atoms with Crippen molar-refractivity contribution in [2.45, 2.75) is 32.9 Å². The van der Waals surface area contributed by atoms with Gasteiger partial charge < -0.3 is 4.90 Å². The minimum atomic E-state index is 0.222. The molecule has 0 N–H and O–H groups in total. The highest BCUT2D eigenvalue weighted by atomic mass is 16.2. The van der Waals surface area contributed by atoms with Gasteiger partial charge in [-0.1, -0.05) is 67.6 Å². The van der Waals surface area contributed by atoms with Gasteiger partial charge in [0.05, 0.1) is 0 Å². The summed E-state index contributed by atoms with van der Waals surface area (Å²) in [5.74, 6) is 0.222. The molecule has 0 radical (unpaired) electrons. The first-order valence-corrected chi connectivity index (χ1v) is 7.15. The van der Waals surface area contributed by atoms with Crippen LogP contribution >= 0.6 is 0 Å². The maximum absolute atomic E-state index is 12.3. The lowest BCUT2D eigenvalue weighted by Crippen LogP contribution is -2.29. The summed E-state index contributed by atoms with van der Waals surface area (Å²) in [5.41, 5.74) is 2.35. The average molecular weight is 267 g/mol. The molecule has 0 heterocycles. The van der Waals surface area contributed by atoms with Crippen molar-refractivity contribution >= 4 is 5.91 Å². The van der Waals surface area contributed by atoms with Gasteiger partial charge in [0.25, 0.3) is 0 Å². The molecule has 2 rings (SSSR count). The van der Waals surface area contributed by atoms with E-state index in [-0.39, 0.29) is 5.91 Å². The van der Waals surface area contributed by atoms with E-state index in [1.807, 2.05) is 48.2 Å². The molecule has 2 heteroatoms. The van der Waals surface area contributed by atoms with Crippen LogP contribution in [0.5, 0.6) is 0 Å². The quantitative estimate of drug-likeness (QED) is 0.774. The zero-order valence-electron chi connectivity index (χ0n) is 12.0. The van der Waals surface area contributed by atoms with Gasteiger partial charge in [-0.05, 0) is 17.5 Å². The summed E-state index contributed by atoms with van der Waals surface area (Å²) in [5, 5.41) is 0. The van der Waals surface area contributed by atoms with Crippen molar-refractivity contribution in [3.8, 4) is 0 Å². The maximum atomic E-state index is 12.3. The molecule has 0 bridgehead atoms. The Hall–Kier alpha value is -2.09. The Kier molecular flexibility index (Phi) is 5.36. The van der Waals surface area contributed by atoms with Gasteiger partial charge in [0.1, 0.15) is 0 Å². The molecular weight excluding hydrogens is 246 g/mol. The fourth-order valence-corrected chi connectivity index (χ4v) is 2.21. The van der Waals surface area contributed by atoms with Crippen LogP contribution in [0, 0.1) is 0 Å². The van der Waals surface area contributed by atoms with Crippen LogP contribution in [0.25, 0.3) is 0 Å². The lowest BCUT2D eigenvalue weighted by Gasteiger charge is -2.23. The van der Waals surface area contributed by atoms with Gasteiger partial charge in [-0.15, -0.1) is 0 Å². The second-order valence-electron chi connectivity index (χ2n) is 4.97. The molecule has 0 aromatic heterocycles. The van der Waals surface area contributed by atoms with Crippen molar-refractivity contribution in [3.63, 3.8) is 0 Å². The van der Waals surface area contributed by atoms with Crippen LogP contribution in [0.15, 0.2) is 60.7 Å². The predicted molar refractivity (Wildman–Crippen MR) is 82.0 cm³/mol. The highest BCUT2D eigenvalue weighted by Gasteiger charge is 2.13. The smallest absolute Gasteiger partial charge is 0.223 e. The fourth-order valence-electron chi connectivity index (χ4n) is 2.21. The molecule has 0 atom stereocenters. The topological polar surface area (TPSA) is 20.3 Å². The lowest BCUT2D eigenvalue weighted by atomic mass is 10.1. The third-order valence-corrected chi connectivity index (χ3v) is 3.25. The minimum absolute atomic E-state index is 0.222. The van der Waals surface area contributed by atoms with Crippen molar-refractivity contribution in [1.29, 1.82) is 0 Å². The fraction of sp³-hybridized carbons (Fsp3) is 0.278. The summed E-state index contributed by atoms with van der Waals surface area (Å²) in [6.45, 7) is 3.39. The zero-order chi connectivity index (χ0) is 14.2. The standard InChI is InChI=1S/C18H21NO/c1-2-9-18(20)19(14-16-10-5-3-6-11-16)15-17-12-7-4-8-13-17/h3-8,10-13H,2,9,14-15H2,1H3. The number of benzene rings is 2. The van der Waals surface area contributed by atoms with Crippen molar-refractivity contribution in [3.05, 3.63) is 71.8 Å². The summed E-state index contributed by atoms with van der Waals surface area (Å²) in [4.78, 5) is 14.2. The highest BCUT2D eigenvalue weighted by molar-refractivity contribution is 5.76. The number of nitrogens with zero attached hydrogens (tertiary/aromatic N) is 1. The van der Waals surface area contributed by atoms with Crippen LogP contribution < -0.4 is 0 Å². The molecule has 2 aromatic rings. The Morgan fingerprint density at radius 3 is 1.70 bits per heavy atom. The molecule has 0 saturated carbocycles. The Labute approximate surface area is 121 Å². The van der Waals surface area contributed by atoms with Crippen LogP contribution in [0.1, 0.15) is 30.9 Å². The van der Waals surface area contributed by atoms with E-state index in [9.17, 15) is 4.79 Å². The Morgan fingerprint density at radius 2 is 1.30 bits per heavy atom. The molecule has 0 fully saturated rings. The molecule has 0 saturated heterocycles. The maximum Gasteiger partial charge on any atom is 0.223 e. The number of carbonyl (C=O) groups is 1. The average Bonchev–Trinajstić information content (AvgIpc) is 2.49. The summed E-state index contributed by atoms with van der Waals surface area (Å²) in [6.07, 6.45) is 1.50. The van der Waals surface area contributed by atoms with Crippen LogP contribution in [0.2, 0.25) is 0 Å². The third kappa shape index (κ3) is 4.23. The van der Waals surface area contributed by atoms with E-state index in [0.29, 0.717) is 19.5 Å². The Balaban J connectivity index is 2.10. The molecular formula is C18H21NO. The monoisotopic (exact) mass is 267 g/mol. The summed E-state index contributed by atoms with van der Waals surface area (Å²) >= 11 is 0. The third-order valence-electron chi connectivity index (χ3n) is 3.25. The normalized spacial score (nSPS) is 10.2. The van der Waals surface area contributed by atoms with Gasteiger partial charge in [0, 0.05) is 19.5 Å². The van der Waals surface area contributed by atoms with Gasteiger partial charge in [0.2, 0.25) is 5.91 Å². The molecule has 1 amide bonds. The van der Waals surface area contributed by atoms with E-state index in [4.69, 9.17) is 0 Å². The van der Waals surface area contributed by atoms with Crippen LogP contribution in [-0.4, -0.2) is 10.8 Å². The van der Waals surface area contributed by atoms with E-state index in [0.717, 1.165) is 6.42 Å². The molecule has 0 spiro atoms. The van der Waals surface area contributed by atoms with Gasteiger partial charge in [-0.3, -0.25) is 4.79 Å². The minimum Gasteiger partial charge on any atom is -0.334 e. The van der Waals surface area contributed by atoms with Crippen LogP contribution in [0.3, 0.4) is 0 Å². The summed E-state index contributed by atoms with van der Waals surface area (Å²) in [6, 6.07) is 20.3. The number of rotatable bonds is 6.